The summed E-state index contributed by atoms with van der Waals surface area (Å²) in [4.78, 5) is 6.90. The van der Waals surface area contributed by atoms with E-state index in [2.05, 4.69) is 30.7 Å². The summed E-state index contributed by atoms with van der Waals surface area (Å²) in [6.45, 7) is 9.57. The Morgan fingerprint density at radius 2 is 2.28 bits per heavy atom. The van der Waals surface area contributed by atoms with E-state index in [1.54, 1.807) is 0 Å². The van der Waals surface area contributed by atoms with Gasteiger partial charge in [0.2, 0.25) is 0 Å². The van der Waals surface area contributed by atoms with Crippen molar-refractivity contribution < 1.29 is 4.42 Å². The van der Waals surface area contributed by atoms with Gasteiger partial charge >= 0.3 is 0 Å². The molecule has 2 N–H and O–H groups in total. The van der Waals surface area contributed by atoms with Crippen molar-refractivity contribution in [1.29, 1.82) is 0 Å². The second-order valence-corrected chi connectivity index (χ2v) is 5.74. The molecular weight excluding hydrogens is 226 g/mol. The first kappa shape index (κ1) is 13.6. The second-order valence-electron chi connectivity index (χ2n) is 5.74. The van der Waals surface area contributed by atoms with Crippen LogP contribution in [0.25, 0.3) is 0 Å². The lowest BCUT2D eigenvalue weighted by atomic mass is 10.1. The van der Waals surface area contributed by atoms with Crippen LogP contribution in [0.2, 0.25) is 0 Å². The first-order chi connectivity index (χ1) is 8.60. The lowest BCUT2D eigenvalue weighted by Gasteiger charge is -2.19. The van der Waals surface area contributed by atoms with Crippen molar-refractivity contribution in [3.63, 3.8) is 0 Å². The molecule has 2 rings (SSSR count). The van der Waals surface area contributed by atoms with E-state index in [0.717, 1.165) is 18.1 Å². The van der Waals surface area contributed by atoms with Crippen molar-refractivity contribution in [2.75, 3.05) is 19.6 Å². The molecule has 102 valence electrons. The fraction of sp³-hybridized carbons (Fsp3) is 0.786. The third-order valence-electron chi connectivity index (χ3n) is 3.92. The molecule has 0 radical (unpaired) electrons. The molecule has 0 bridgehead atoms. The molecule has 0 aromatic carbocycles. The van der Waals surface area contributed by atoms with Crippen molar-refractivity contribution in [1.82, 2.24) is 9.88 Å². The van der Waals surface area contributed by atoms with Crippen molar-refractivity contribution in [2.24, 2.45) is 11.7 Å². The van der Waals surface area contributed by atoms with Crippen LogP contribution < -0.4 is 5.73 Å². The van der Waals surface area contributed by atoms with Crippen molar-refractivity contribution >= 4 is 0 Å². The first-order valence-electron chi connectivity index (χ1n) is 6.98. The maximum atomic E-state index is 5.78. The van der Waals surface area contributed by atoms with E-state index >= 15 is 0 Å². The van der Waals surface area contributed by atoms with Gasteiger partial charge < -0.3 is 15.1 Å². The van der Waals surface area contributed by atoms with Gasteiger partial charge in [-0.1, -0.05) is 6.92 Å². The lowest BCUT2D eigenvalue weighted by Crippen LogP contribution is -2.28. The Balaban J connectivity index is 1.89. The van der Waals surface area contributed by atoms with Crippen LogP contribution in [0.15, 0.2) is 10.6 Å². The Bertz CT molecular complexity index is 375. The quantitative estimate of drug-likeness (QED) is 0.869. The summed E-state index contributed by atoms with van der Waals surface area (Å²) in [5, 5.41) is 0. The van der Waals surface area contributed by atoms with E-state index in [1.807, 2.05) is 6.20 Å². The third kappa shape index (κ3) is 3.12. The van der Waals surface area contributed by atoms with Gasteiger partial charge in [0, 0.05) is 31.5 Å². The normalized spacial score (nSPS) is 22.8. The molecular formula is C14H25N3O. The van der Waals surface area contributed by atoms with Crippen molar-refractivity contribution in [3.8, 4) is 0 Å². The minimum absolute atomic E-state index is 0.266. The number of likely N-dealkylation sites (tertiary alicyclic amines) is 1. The summed E-state index contributed by atoms with van der Waals surface area (Å²) in [7, 11) is 0. The molecule has 0 saturated carbocycles. The zero-order valence-electron chi connectivity index (χ0n) is 11.7. The number of rotatable bonds is 5. The Kier molecular flexibility index (Phi) is 4.40. The number of nitrogens with two attached hydrogens (primary N) is 1. The number of hydrogen-bond acceptors (Lipinski definition) is 4. The van der Waals surface area contributed by atoms with E-state index in [1.165, 1.54) is 19.5 Å². The van der Waals surface area contributed by atoms with Crippen LogP contribution in [0, 0.1) is 5.92 Å². The van der Waals surface area contributed by atoms with Gasteiger partial charge in [0.1, 0.15) is 5.76 Å². The van der Waals surface area contributed by atoms with Crippen LogP contribution in [0.3, 0.4) is 0 Å². The molecule has 1 saturated heterocycles. The highest BCUT2D eigenvalue weighted by molar-refractivity contribution is 5.02. The number of oxazole rings is 1. The van der Waals surface area contributed by atoms with Gasteiger partial charge in [-0.05, 0) is 32.7 Å². The Morgan fingerprint density at radius 1 is 1.50 bits per heavy atom. The predicted molar refractivity (Wildman–Crippen MR) is 72.5 cm³/mol. The zero-order chi connectivity index (χ0) is 13.1. The number of aromatic nitrogens is 1. The molecule has 4 heteroatoms. The molecule has 0 amide bonds. The average Bonchev–Trinajstić information content (AvgIpc) is 2.98. The molecule has 18 heavy (non-hydrogen) atoms. The molecule has 4 nitrogen and oxygen atoms in total. The molecule has 2 atom stereocenters. The Hall–Kier alpha value is -0.870. The van der Waals surface area contributed by atoms with E-state index < -0.39 is 0 Å². The van der Waals surface area contributed by atoms with Gasteiger partial charge in [-0.15, -0.1) is 0 Å². The molecule has 2 unspecified atom stereocenters. The molecule has 1 fully saturated rings. The van der Waals surface area contributed by atoms with Gasteiger partial charge in [-0.2, -0.15) is 0 Å². The fourth-order valence-electron chi connectivity index (χ4n) is 2.51. The summed E-state index contributed by atoms with van der Waals surface area (Å²) in [6.07, 6.45) is 4.05. The highest BCUT2D eigenvalue weighted by Gasteiger charge is 2.25. The predicted octanol–water partition coefficient (Wildman–Crippen LogP) is 2.01. The second kappa shape index (κ2) is 5.85. The highest BCUT2D eigenvalue weighted by atomic mass is 16.4. The molecule has 1 aliphatic heterocycles. The zero-order valence-corrected chi connectivity index (χ0v) is 11.7. The van der Waals surface area contributed by atoms with E-state index in [-0.39, 0.29) is 5.92 Å². The standard InChI is InChI=1S/C14H25N3O/c1-10(2)17-5-4-12(9-17)6-14-16-8-13(18-14)11(3)7-15/h8,10-12H,4-7,9,15H2,1-3H3. The van der Waals surface area contributed by atoms with Crippen LogP contribution in [0.4, 0.5) is 0 Å². The number of hydrogen-bond donors (Lipinski definition) is 1. The van der Waals surface area contributed by atoms with E-state index in [9.17, 15) is 0 Å². The van der Waals surface area contributed by atoms with Gasteiger partial charge in [-0.3, -0.25) is 0 Å². The molecule has 1 aromatic heterocycles. The topological polar surface area (TPSA) is 55.3 Å². The fourth-order valence-corrected chi connectivity index (χ4v) is 2.51. The molecule has 0 spiro atoms. The summed E-state index contributed by atoms with van der Waals surface area (Å²) in [5.74, 6) is 2.75. The molecule has 1 aromatic rings. The van der Waals surface area contributed by atoms with Crippen LogP contribution in [-0.2, 0) is 6.42 Å². The lowest BCUT2D eigenvalue weighted by molar-refractivity contribution is 0.262. The molecule has 0 aliphatic carbocycles. The Morgan fingerprint density at radius 3 is 2.89 bits per heavy atom. The van der Waals surface area contributed by atoms with Crippen molar-refractivity contribution in [2.45, 2.75) is 45.6 Å². The highest BCUT2D eigenvalue weighted by Crippen LogP contribution is 2.23. The summed E-state index contributed by atoms with van der Waals surface area (Å²) < 4.78 is 5.78. The largest absolute Gasteiger partial charge is 0.445 e. The van der Waals surface area contributed by atoms with Gasteiger partial charge in [0.25, 0.3) is 0 Å². The summed E-state index contributed by atoms with van der Waals surface area (Å²) in [6, 6.07) is 0.646. The van der Waals surface area contributed by atoms with Crippen LogP contribution in [0.1, 0.15) is 44.8 Å². The van der Waals surface area contributed by atoms with Crippen LogP contribution in [-0.4, -0.2) is 35.6 Å². The minimum atomic E-state index is 0.266. The minimum Gasteiger partial charge on any atom is -0.445 e. The SMILES string of the molecule is CC(CN)c1cnc(CC2CCN(C(C)C)C2)o1. The molecule has 1 aliphatic rings. The monoisotopic (exact) mass is 251 g/mol. The maximum Gasteiger partial charge on any atom is 0.194 e. The van der Waals surface area contributed by atoms with Crippen LogP contribution >= 0.6 is 0 Å². The number of nitrogens with zero attached hydrogens (tertiary/aromatic N) is 2. The molecule has 2 heterocycles. The summed E-state index contributed by atoms with van der Waals surface area (Å²) in [5.41, 5.74) is 5.63. The average molecular weight is 251 g/mol. The van der Waals surface area contributed by atoms with Gasteiger partial charge in [-0.25, -0.2) is 4.98 Å². The van der Waals surface area contributed by atoms with E-state index in [4.69, 9.17) is 10.2 Å². The van der Waals surface area contributed by atoms with Gasteiger partial charge in [0.05, 0.1) is 6.20 Å². The van der Waals surface area contributed by atoms with Crippen molar-refractivity contribution in [3.05, 3.63) is 17.8 Å². The Labute approximate surface area is 110 Å². The smallest absolute Gasteiger partial charge is 0.194 e. The van der Waals surface area contributed by atoms with Gasteiger partial charge in [0.15, 0.2) is 5.89 Å². The third-order valence-corrected chi connectivity index (χ3v) is 3.92. The van der Waals surface area contributed by atoms with E-state index in [0.29, 0.717) is 18.5 Å². The summed E-state index contributed by atoms with van der Waals surface area (Å²) >= 11 is 0. The maximum absolute atomic E-state index is 5.78. The van der Waals surface area contributed by atoms with Crippen LogP contribution in [0.5, 0.6) is 0 Å². The first-order valence-corrected chi connectivity index (χ1v) is 6.98.